The minimum atomic E-state index is -1.59. The van der Waals surface area contributed by atoms with Crippen LogP contribution in [0.5, 0.6) is 0 Å². The number of rotatable bonds is 14. The van der Waals surface area contributed by atoms with E-state index in [9.17, 15) is 30.3 Å². The van der Waals surface area contributed by atoms with Crippen molar-refractivity contribution in [3.63, 3.8) is 0 Å². The summed E-state index contributed by atoms with van der Waals surface area (Å²) < 4.78 is 44.3. The average molecular weight is 1050 g/mol. The first-order valence-electron chi connectivity index (χ1n) is 25.9. The minimum Gasteiger partial charge on any atom is -0.459 e. The van der Waals surface area contributed by atoms with Crippen molar-refractivity contribution in [1.82, 2.24) is 34.4 Å². The Bertz CT molecular complexity index is 2130. The highest BCUT2D eigenvalue weighted by Crippen LogP contribution is 2.40. The lowest BCUT2D eigenvalue weighted by Crippen LogP contribution is -2.60. The molecule has 72 heavy (non-hydrogen) atoms. The van der Waals surface area contributed by atoms with Crippen molar-refractivity contribution in [2.24, 2.45) is 17.8 Å². The van der Waals surface area contributed by atoms with Crippen molar-refractivity contribution in [2.75, 3.05) is 34.3 Å². The number of hydrogen-bond acceptors (Lipinski definition) is 20. The van der Waals surface area contributed by atoms with E-state index in [0.29, 0.717) is 38.9 Å². The van der Waals surface area contributed by atoms with Crippen LogP contribution in [0, 0.1) is 17.8 Å². The number of carbonyl (C=O) groups excluding carboxylic acids is 1. The fourth-order valence-electron chi connectivity index (χ4n) is 10.8. The molecule has 3 fully saturated rings. The summed E-state index contributed by atoms with van der Waals surface area (Å²) >= 11 is 3.03. The molecule has 0 aromatic carbocycles. The number of esters is 1. The van der Waals surface area contributed by atoms with Crippen molar-refractivity contribution in [2.45, 2.75) is 217 Å². The van der Waals surface area contributed by atoms with Crippen LogP contribution >= 0.6 is 22.9 Å². The quantitative estimate of drug-likeness (QED) is 0.138. The predicted molar refractivity (Wildman–Crippen MR) is 273 cm³/mol. The summed E-state index contributed by atoms with van der Waals surface area (Å²) in [5.41, 5.74) is -2.50. The lowest BCUT2D eigenvalue weighted by Gasteiger charge is -2.48. The molecule has 408 valence electrons. The van der Waals surface area contributed by atoms with Crippen LogP contribution in [0.15, 0.2) is 23.7 Å². The van der Waals surface area contributed by atoms with E-state index >= 15 is 0 Å². The Kier molecular flexibility index (Phi) is 20.4. The number of likely N-dealkylation sites (N-methyl/N-ethyl adjacent to an activating group) is 2. The van der Waals surface area contributed by atoms with E-state index in [4.69, 9.17) is 28.4 Å². The van der Waals surface area contributed by atoms with Crippen molar-refractivity contribution in [1.29, 1.82) is 0 Å². The van der Waals surface area contributed by atoms with Gasteiger partial charge in [-0.2, -0.15) is 0 Å². The number of aromatic nitrogens is 5. The zero-order valence-corrected chi connectivity index (χ0v) is 46.4. The third-order valence-electron chi connectivity index (χ3n) is 15.8. The van der Waals surface area contributed by atoms with Crippen LogP contribution in [0.2, 0.25) is 0 Å². The first kappa shape index (κ1) is 58.6. The maximum atomic E-state index is 14.5. The normalized spacial score (nSPS) is 39.5. The van der Waals surface area contributed by atoms with Gasteiger partial charge in [-0.3, -0.25) is 9.48 Å². The van der Waals surface area contributed by atoms with Gasteiger partial charge in [-0.1, -0.05) is 30.5 Å². The van der Waals surface area contributed by atoms with Gasteiger partial charge in [-0.25, -0.2) is 0 Å². The molecule has 3 aromatic heterocycles. The van der Waals surface area contributed by atoms with Crippen LogP contribution in [-0.2, 0) is 52.6 Å². The SMILES string of the molecule is CC[C@H]1OC(=O)[C@H](C)[C@@H](O[C@H]2C[C@@](C)(OC)[C@@H](O)[C@H](C)O2)[C@H](C)[C@@H](O[C@@H]2O[C@H](C)C[C@H](N(C)CCc3cn(CCc4ccc(-c5csnn5)s4)nn3)[C@H]2O)[C@](C)(O)CC[C@@H](C)CN(C)[C@H](C)[C@@H](O)C[C@]1(C)O. The van der Waals surface area contributed by atoms with E-state index in [1.807, 2.05) is 62.9 Å². The van der Waals surface area contributed by atoms with Crippen molar-refractivity contribution >= 4 is 28.8 Å². The van der Waals surface area contributed by atoms with Crippen LogP contribution in [0.4, 0.5) is 0 Å². The van der Waals surface area contributed by atoms with Crippen LogP contribution in [0.25, 0.3) is 10.6 Å². The summed E-state index contributed by atoms with van der Waals surface area (Å²) in [7, 11) is 5.40. The number of thiophene rings is 1. The van der Waals surface area contributed by atoms with E-state index in [0.717, 1.165) is 22.7 Å². The molecule has 3 saturated heterocycles. The Morgan fingerprint density at radius 3 is 2.39 bits per heavy atom. The molecule has 3 aliphatic rings. The zero-order chi connectivity index (χ0) is 52.9. The lowest BCUT2D eigenvalue weighted by molar-refractivity contribution is -0.318. The molecular formula is C51H85N7O12S2. The average Bonchev–Trinajstić information content (AvgIpc) is 4.14. The van der Waals surface area contributed by atoms with Crippen LogP contribution < -0.4 is 0 Å². The summed E-state index contributed by atoms with van der Waals surface area (Å²) in [5, 5.41) is 74.5. The summed E-state index contributed by atoms with van der Waals surface area (Å²) in [6, 6.07) is 3.44. The maximum absolute atomic E-state index is 14.5. The van der Waals surface area contributed by atoms with Gasteiger partial charge in [0, 0.05) is 86.9 Å². The summed E-state index contributed by atoms with van der Waals surface area (Å²) in [6.45, 7) is 19.9. The van der Waals surface area contributed by atoms with E-state index < -0.39 is 96.0 Å². The first-order chi connectivity index (χ1) is 33.9. The molecule has 0 bridgehead atoms. The molecular weight excluding hydrogens is 967 g/mol. The van der Waals surface area contributed by atoms with Crippen molar-refractivity contribution in [3.8, 4) is 10.6 Å². The molecule has 3 aromatic rings. The maximum Gasteiger partial charge on any atom is 0.311 e. The molecule has 3 aliphatic heterocycles. The summed E-state index contributed by atoms with van der Waals surface area (Å²) in [6.07, 6.45) is -4.36. The van der Waals surface area contributed by atoms with Gasteiger partial charge in [-0.05, 0) is 118 Å². The highest BCUT2D eigenvalue weighted by Gasteiger charge is 2.52. The number of aryl methyl sites for hydroxylation is 2. The van der Waals surface area contributed by atoms with Crippen molar-refractivity contribution in [3.05, 3.63) is 34.3 Å². The van der Waals surface area contributed by atoms with Gasteiger partial charge < -0.3 is 63.8 Å². The second-order valence-electron chi connectivity index (χ2n) is 22.0. The number of ether oxygens (including phenoxy) is 6. The van der Waals surface area contributed by atoms with Gasteiger partial charge in [0.25, 0.3) is 0 Å². The van der Waals surface area contributed by atoms with E-state index in [1.54, 1.807) is 46.0 Å². The van der Waals surface area contributed by atoms with E-state index in [-0.39, 0.29) is 43.7 Å². The molecule has 0 saturated carbocycles. The second-order valence-corrected chi connectivity index (χ2v) is 23.8. The van der Waals surface area contributed by atoms with Gasteiger partial charge >= 0.3 is 5.97 Å². The first-order valence-corrected chi connectivity index (χ1v) is 27.5. The minimum absolute atomic E-state index is 0.0369. The van der Waals surface area contributed by atoms with Crippen LogP contribution in [-0.4, -0.2) is 190 Å². The van der Waals surface area contributed by atoms with Gasteiger partial charge in [0.15, 0.2) is 12.6 Å². The highest BCUT2D eigenvalue weighted by molar-refractivity contribution is 7.15. The van der Waals surface area contributed by atoms with Gasteiger partial charge in [0.05, 0.1) is 58.2 Å². The van der Waals surface area contributed by atoms with Crippen LogP contribution in [0.1, 0.15) is 118 Å². The second kappa shape index (κ2) is 25.0. The molecule has 0 amide bonds. The third kappa shape index (κ3) is 14.4. The number of nitrogens with zero attached hydrogens (tertiary/aromatic N) is 7. The Morgan fingerprint density at radius 1 is 0.972 bits per heavy atom. The molecule has 0 spiro atoms. The molecule has 5 N–H and O–H groups in total. The monoisotopic (exact) mass is 1050 g/mol. The standard InChI is InChI=1S/C51H85N7O12S2/c1-14-41-50(9,64)24-39(59)33(6)57(12)26-29(2)17-20-49(8,63)46(31(4)44(32(5)47(62)68-41)69-42-25-51(10,65-13)45(61)34(7)67-42)70-48-43(60)38(23-30(3)66-48)56(11)21-18-35-27-58(54-52-35)22-19-36-15-16-40(72-36)37-28-71-55-53-37/h15-16,27-34,38-39,41-46,48,59-61,63-64H,14,17-26H2,1-13H3/t29-,30-,31+,32-,33-,34+,38+,39+,41-,42+,43-,44+,45+,46-,48+,49-,50+,51-/m1/s1. The van der Waals surface area contributed by atoms with Gasteiger partial charge in [0.1, 0.15) is 29.6 Å². The molecule has 6 heterocycles. The smallest absolute Gasteiger partial charge is 0.311 e. The predicted octanol–water partition coefficient (Wildman–Crippen LogP) is 4.71. The zero-order valence-electron chi connectivity index (χ0n) is 44.8. The van der Waals surface area contributed by atoms with E-state index in [1.165, 1.54) is 23.5 Å². The van der Waals surface area contributed by atoms with Crippen LogP contribution in [0.3, 0.4) is 0 Å². The van der Waals surface area contributed by atoms with Gasteiger partial charge in [-0.15, -0.1) is 21.5 Å². The molecule has 0 unspecified atom stereocenters. The number of cyclic esters (lactones) is 1. The molecule has 0 aliphatic carbocycles. The van der Waals surface area contributed by atoms with E-state index in [2.05, 4.69) is 43.9 Å². The number of aliphatic hydroxyl groups excluding tert-OH is 3. The largest absolute Gasteiger partial charge is 0.459 e. The molecule has 0 radical (unpaired) electrons. The number of carbonyl (C=O) groups is 1. The Labute approximate surface area is 434 Å². The van der Waals surface area contributed by atoms with Crippen molar-refractivity contribution < 1.29 is 58.7 Å². The number of aliphatic hydroxyl groups is 5. The number of hydrogen-bond donors (Lipinski definition) is 5. The number of methoxy groups -OCH3 is 1. The summed E-state index contributed by atoms with van der Waals surface area (Å²) in [5.74, 6) is -2.43. The Balaban J connectivity index is 1.24. The fourth-order valence-corrected chi connectivity index (χ4v) is 12.3. The fraction of sp³-hybridized carbons (Fsp3) is 0.824. The molecule has 19 nitrogen and oxygen atoms in total. The van der Waals surface area contributed by atoms with Gasteiger partial charge in [0.2, 0.25) is 0 Å². The highest BCUT2D eigenvalue weighted by atomic mass is 32.1. The Hall–Kier alpha value is -2.61. The molecule has 18 atom stereocenters. The Morgan fingerprint density at radius 2 is 1.71 bits per heavy atom. The topological polar surface area (TPSA) is 237 Å². The molecule has 21 heteroatoms. The molecule has 6 rings (SSSR count). The third-order valence-corrected chi connectivity index (χ3v) is 17.5. The summed E-state index contributed by atoms with van der Waals surface area (Å²) in [4.78, 5) is 21.0. The lowest BCUT2D eigenvalue weighted by atomic mass is 9.78.